The highest BCUT2D eigenvalue weighted by atomic mass is 32.1. The van der Waals surface area contributed by atoms with E-state index in [2.05, 4.69) is 15.3 Å². The molecule has 0 fully saturated rings. The van der Waals surface area contributed by atoms with Crippen LogP contribution in [0.5, 0.6) is 0 Å². The Morgan fingerprint density at radius 1 is 0.944 bits per heavy atom. The number of hydrogen-bond donors (Lipinski definition) is 2. The molecule has 180 valence electrons. The molecule has 1 amide bonds. The van der Waals surface area contributed by atoms with Gasteiger partial charge in [-0.25, -0.2) is 15.0 Å². The van der Waals surface area contributed by atoms with Gasteiger partial charge in [0.15, 0.2) is 5.82 Å². The zero-order valence-electron chi connectivity index (χ0n) is 18.6. The van der Waals surface area contributed by atoms with Crippen LogP contribution in [0.1, 0.15) is 26.5 Å². The van der Waals surface area contributed by atoms with Crippen molar-refractivity contribution in [2.45, 2.75) is 12.6 Å². The number of rotatable bonds is 6. The third kappa shape index (κ3) is 4.89. The molecule has 0 aliphatic rings. The highest BCUT2D eigenvalue weighted by Crippen LogP contribution is 2.33. The van der Waals surface area contributed by atoms with Gasteiger partial charge in [-0.2, -0.15) is 13.2 Å². The van der Waals surface area contributed by atoms with Gasteiger partial charge in [0.1, 0.15) is 21.7 Å². The van der Waals surface area contributed by atoms with Gasteiger partial charge in [0.25, 0.3) is 0 Å². The van der Waals surface area contributed by atoms with Crippen molar-refractivity contribution >= 4 is 39.1 Å². The van der Waals surface area contributed by atoms with Crippen molar-refractivity contribution in [2.75, 3.05) is 5.32 Å². The summed E-state index contributed by atoms with van der Waals surface area (Å²) in [4.78, 5) is 25.3. The van der Waals surface area contributed by atoms with Gasteiger partial charge in [-0.3, -0.25) is 4.79 Å². The lowest BCUT2D eigenvalue weighted by Gasteiger charge is -2.09. The molecule has 0 saturated heterocycles. The molecule has 36 heavy (non-hydrogen) atoms. The highest BCUT2D eigenvalue weighted by molar-refractivity contribution is 7.18. The molecule has 5 rings (SSSR count). The molecule has 3 N–H and O–H groups in total. The Hall–Kier alpha value is -4.31. The van der Waals surface area contributed by atoms with E-state index in [1.54, 1.807) is 12.1 Å². The van der Waals surface area contributed by atoms with Crippen molar-refractivity contribution in [3.63, 3.8) is 0 Å². The van der Waals surface area contributed by atoms with Crippen molar-refractivity contribution in [3.05, 3.63) is 101 Å². The van der Waals surface area contributed by atoms with Crippen LogP contribution in [0.4, 0.5) is 24.7 Å². The first-order chi connectivity index (χ1) is 17.3. The second-order valence-corrected chi connectivity index (χ2v) is 9.02. The number of amides is 1. The molecule has 0 saturated carbocycles. The predicted octanol–water partition coefficient (Wildman–Crippen LogP) is 6.21. The van der Waals surface area contributed by atoms with E-state index in [4.69, 9.17) is 10.7 Å². The summed E-state index contributed by atoms with van der Waals surface area (Å²) in [6, 6.07) is 19.7. The van der Waals surface area contributed by atoms with Gasteiger partial charge in [0.05, 0.1) is 5.56 Å². The van der Waals surface area contributed by atoms with Crippen molar-refractivity contribution in [1.82, 2.24) is 15.0 Å². The Morgan fingerprint density at radius 3 is 2.36 bits per heavy atom. The molecule has 0 bridgehead atoms. The van der Waals surface area contributed by atoms with E-state index >= 15 is 0 Å². The zero-order valence-corrected chi connectivity index (χ0v) is 19.4. The molecule has 0 radical (unpaired) electrons. The summed E-state index contributed by atoms with van der Waals surface area (Å²) in [5, 5.41) is 3.85. The molecule has 0 spiro atoms. The van der Waals surface area contributed by atoms with E-state index < -0.39 is 17.6 Å². The summed E-state index contributed by atoms with van der Waals surface area (Å²) in [6.07, 6.45) is -2.47. The summed E-state index contributed by atoms with van der Waals surface area (Å²) in [5.74, 6) is -0.0660. The summed E-state index contributed by atoms with van der Waals surface area (Å²) >= 11 is 1.42. The molecule has 2 heterocycles. The Kier molecular flexibility index (Phi) is 6.11. The number of anilines is 2. The first-order valence-electron chi connectivity index (χ1n) is 10.8. The second kappa shape index (κ2) is 9.38. The number of thiazole rings is 1. The summed E-state index contributed by atoms with van der Waals surface area (Å²) in [7, 11) is 0. The molecular formula is C26H18F3N5OS. The third-order valence-electron chi connectivity index (χ3n) is 5.55. The SMILES string of the molecule is NC(=O)c1ccc(-c2ccccc2Cc2nc3c(Nc4ccc(C(F)(F)F)cc4)ncnc3s2)cc1. The van der Waals surface area contributed by atoms with Gasteiger partial charge in [-0.1, -0.05) is 47.7 Å². The van der Waals surface area contributed by atoms with Gasteiger partial charge in [-0.05, 0) is 53.1 Å². The number of fused-ring (bicyclic) bond motifs is 1. The third-order valence-corrected chi connectivity index (χ3v) is 6.52. The minimum Gasteiger partial charge on any atom is -0.366 e. The van der Waals surface area contributed by atoms with E-state index in [-0.39, 0.29) is 0 Å². The van der Waals surface area contributed by atoms with E-state index in [1.165, 1.54) is 29.8 Å². The first-order valence-corrected chi connectivity index (χ1v) is 11.6. The number of halogens is 3. The standard InChI is InChI=1S/C26H18F3N5OS/c27-26(28,29)18-9-11-19(12-10-18)33-24-22-25(32-14-31-24)36-21(34-22)13-17-3-1-2-4-20(17)15-5-7-16(8-6-15)23(30)35/h1-12,14H,13H2,(H2,30,35)(H,31,32,33). The molecule has 0 atom stereocenters. The zero-order chi connectivity index (χ0) is 25.3. The van der Waals surface area contributed by atoms with Crippen LogP contribution in [0, 0.1) is 0 Å². The van der Waals surface area contributed by atoms with Crippen LogP contribution < -0.4 is 11.1 Å². The van der Waals surface area contributed by atoms with Crippen LogP contribution in [0.3, 0.4) is 0 Å². The minimum absolute atomic E-state index is 0.414. The number of benzene rings is 3. The van der Waals surface area contributed by atoms with Crippen LogP contribution in [0.2, 0.25) is 0 Å². The van der Waals surface area contributed by atoms with Crippen LogP contribution >= 0.6 is 11.3 Å². The van der Waals surface area contributed by atoms with Crippen molar-refractivity contribution in [3.8, 4) is 11.1 Å². The van der Waals surface area contributed by atoms with Crippen molar-refractivity contribution in [2.24, 2.45) is 5.73 Å². The molecule has 6 nitrogen and oxygen atoms in total. The number of nitrogens with zero attached hydrogens (tertiary/aromatic N) is 3. The molecule has 0 aliphatic heterocycles. The lowest BCUT2D eigenvalue weighted by molar-refractivity contribution is -0.137. The number of hydrogen-bond acceptors (Lipinski definition) is 6. The molecule has 5 aromatic rings. The number of carbonyl (C=O) groups excluding carboxylic acids is 1. The van der Waals surface area contributed by atoms with Crippen LogP contribution in [-0.4, -0.2) is 20.9 Å². The maximum atomic E-state index is 12.9. The van der Waals surface area contributed by atoms with E-state index in [1.807, 2.05) is 36.4 Å². The summed E-state index contributed by atoms with van der Waals surface area (Å²) in [6.45, 7) is 0. The Balaban J connectivity index is 1.42. The average Bonchev–Trinajstić information content (AvgIpc) is 3.28. The fourth-order valence-corrected chi connectivity index (χ4v) is 4.70. The average molecular weight is 506 g/mol. The topological polar surface area (TPSA) is 93.8 Å². The number of alkyl halides is 3. The van der Waals surface area contributed by atoms with E-state index in [9.17, 15) is 18.0 Å². The van der Waals surface area contributed by atoms with Gasteiger partial charge in [0.2, 0.25) is 5.91 Å². The number of nitrogens with two attached hydrogens (primary N) is 1. The molecule has 3 aromatic carbocycles. The van der Waals surface area contributed by atoms with Gasteiger partial charge in [-0.15, -0.1) is 0 Å². The first kappa shape index (κ1) is 23.4. The van der Waals surface area contributed by atoms with Crippen LogP contribution in [-0.2, 0) is 12.6 Å². The fraction of sp³-hybridized carbons (Fsp3) is 0.0769. The Labute approximate surface area is 207 Å². The number of carbonyl (C=O) groups is 1. The molecule has 2 aromatic heterocycles. The number of aromatic nitrogens is 3. The lowest BCUT2D eigenvalue weighted by atomic mass is 9.97. The molecule has 0 unspecified atom stereocenters. The molecular weight excluding hydrogens is 487 g/mol. The Bertz CT molecular complexity index is 1550. The van der Waals surface area contributed by atoms with Gasteiger partial charge >= 0.3 is 6.18 Å². The summed E-state index contributed by atoms with van der Waals surface area (Å²) in [5.41, 5.74) is 9.05. The van der Waals surface area contributed by atoms with Gasteiger partial charge in [0, 0.05) is 17.7 Å². The molecule has 0 aliphatic carbocycles. The highest BCUT2D eigenvalue weighted by Gasteiger charge is 2.30. The fourth-order valence-electron chi connectivity index (χ4n) is 3.78. The van der Waals surface area contributed by atoms with Crippen molar-refractivity contribution in [1.29, 1.82) is 0 Å². The smallest absolute Gasteiger partial charge is 0.366 e. The van der Waals surface area contributed by atoms with E-state index in [0.717, 1.165) is 33.8 Å². The number of nitrogens with one attached hydrogen (secondary N) is 1. The maximum Gasteiger partial charge on any atom is 0.416 e. The van der Waals surface area contributed by atoms with Crippen LogP contribution in [0.15, 0.2) is 79.1 Å². The lowest BCUT2D eigenvalue weighted by Crippen LogP contribution is -2.10. The van der Waals surface area contributed by atoms with Crippen LogP contribution in [0.25, 0.3) is 21.5 Å². The Morgan fingerprint density at radius 2 is 1.67 bits per heavy atom. The maximum absolute atomic E-state index is 12.9. The van der Waals surface area contributed by atoms with Gasteiger partial charge < -0.3 is 11.1 Å². The predicted molar refractivity (Wildman–Crippen MR) is 133 cm³/mol. The monoisotopic (exact) mass is 505 g/mol. The second-order valence-electron chi connectivity index (χ2n) is 7.96. The quantitative estimate of drug-likeness (QED) is 0.286. The van der Waals surface area contributed by atoms with Crippen molar-refractivity contribution < 1.29 is 18.0 Å². The summed E-state index contributed by atoms with van der Waals surface area (Å²) < 4.78 is 38.6. The molecule has 10 heteroatoms. The number of primary amides is 1. The normalized spacial score (nSPS) is 11.5. The minimum atomic E-state index is -4.40. The van der Waals surface area contributed by atoms with E-state index in [0.29, 0.717) is 33.8 Å². The largest absolute Gasteiger partial charge is 0.416 e.